The van der Waals surface area contributed by atoms with Gasteiger partial charge in [-0.25, -0.2) is 9.59 Å². The number of esters is 2. The minimum absolute atomic E-state index is 0.0396. The van der Waals surface area contributed by atoms with Crippen molar-refractivity contribution < 1.29 is 49.6 Å². The van der Waals surface area contributed by atoms with E-state index in [0.29, 0.717) is 0 Å². The van der Waals surface area contributed by atoms with Crippen LogP contribution in [0.4, 0.5) is 13.2 Å². The number of carbonyl (C=O) groups is 2. The van der Waals surface area contributed by atoms with Gasteiger partial charge >= 0.3 is 18.1 Å². The molecule has 12 heteroatoms. The summed E-state index contributed by atoms with van der Waals surface area (Å²) in [6, 6.07) is 0. The van der Waals surface area contributed by atoms with Crippen molar-refractivity contribution in [3.8, 4) is 0 Å². The quantitative estimate of drug-likeness (QED) is 0.380. The minimum Gasteiger partial charge on any atom is -0.454 e. The van der Waals surface area contributed by atoms with E-state index in [1.807, 2.05) is 0 Å². The van der Waals surface area contributed by atoms with Crippen molar-refractivity contribution in [2.75, 3.05) is 13.7 Å². The van der Waals surface area contributed by atoms with Crippen LogP contribution in [0.15, 0.2) is 12.2 Å². The number of hydrogen-bond acceptors (Lipinski definition) is 8. The second-order valence-electron chi connectivity index (χ2n) is 5.50. The van der Waals surface area contributed by atoms with Crippen LogP contribution in [-0.4, -0.2) is 63.8 Å². The van der Waals surface area contributed by atoms with E-state index in [4.69, 9.17) is 13.7 Å². The maximum atomic E-state index is 12.3. The van der Waals surface area contributed by atoms with Crippen LogP contribution in [0, 0.1) is 0 Å². The number of halogens is 3. The van der Waals surface area contributed by atoms with Crippen molar-refractivity contribution >= 4 is 22.1 Å². The molecule has 1 saturated heterocycles. The van der Waals surface area contributed by atoms with Crippen molar-refractivity contribution in [2.24, 2.45) is 0 Å². The molecule has 142 valence electrons. The first kappa shape index (κ1) is 19.7. The largest absolute Gasteiger partial charge is 0.454 e. The first-order valence-electron chi connectivity index (χ1n) is 7.03. The average molecular weight is 388 g/mol. The lowest BCUT2D eigenvalue weighted by Crippen LogP contribution is -2.46. The molecule has 8 nitrogen and oxygen atoms in total. The van der Waals surface area contributed by atoms with Gasteiger partial charge in [0, 0.05) is 7.11 Å². The molecule has 2 rings (SSSR count). The number of carbonyl (C=O) groups excluding carboxylic acids is 2. The number of alkyl halides is 3. The van der Waals surface area contributed by atoms with E-state index in [1.54, 1.807) is 0 Å². The fourth-order valence-electron chi connectivity index (χ4n) is 2.60. The van der Waals surface area contributed by atoms with Gasteiger partial charge in [0.05, 0.1) is 11.4 Å². The van der Waals surface area contributed by atoms with Crippen LogP contribution in [0.3, 0.4) is 0 Å². The molecule has 1 aliphatic carbocycles. The Kier molecular flexibility index (Phi) is 5.44. The minimum atomic E-state index is -4.98. The lowest BCUT2D eigenvalue weighted by atomic mass is 9.91. The van der Waals surface area contributed by atoms with Gasteiger partial charge in [0.1, 0.15) is 11.7 Å². The molecule has 0 aromatic heterocycles. The zero-order valence-electron chi connectivity index (χ0n) is 12.9. The highest BCUT2D eigenvalue weighted by Crippen LogP contribution is 2.38. The summed E-state index contributed by atoms with van der Waals surface area (Å²) < 4.78 is 79.4. The zero-order chi connectivity index (χ0) is 19.0. The van der Waals surface area contributed by atoms with Crippen molar-refractivity contribution in [3.05, 3.63) is 12.2 Å². The highest BCUT2D eigenvalue weighted by Gasteiger charge is 2.53. The molecule has 0 aromatic rings. The molecule has 2 fully saturated rings. The van der Waals surface area contributed by atoms with Crippen molar-refractivity contribution in [1.82, 2.24) is 0 Å². The maximum Gasteiger partial charge on any atom is 0.422 e. The molecular formula is C13H15F3O8S. The second-order valence-corrected chi connectivity index (χ2v) is 7.35. The van der Waals surface area contributed by atoms with Crippen LogP contribution < -0.4 is 0 Å². The van der Waals surface area contributed by atoms with E-state index < -0.39 is 64.0 Å². The standard InChI is InChI=1S/C13H15F3O8S/c1-6(13(14,15)16)12(18)22-5-10(17)23-11-8(21-2)3-7-4-9(11)24-25(7,19)20/h7-9,11H,1,3-5H2,2H3. The second kappa shape index (κ2) is 6.92. The summed E-state index contributed by atoms with van der Waals surface area (Å²) in [5.41, 5.74) is -1.76. The summed E-state index contributed by atoms with van der Waals surface area (Å²) in [6.07, 6.45) is -7.66. The van der Waals surface area contributed by atoms with Gasteiger partial charge in [-0.05, 0) is 12.8 Å². The van der Waals surface area contributed by atoms with Crippen LogP contribution in [-0.2, 0) is 38.1 Å². The van der Waals surface area contributed by atoms with Gasteiger partial charge in [-0.15, -0.1) is 0 Å². The molecule has 2 aliphatic rings. The molecule has 4 unspecified atom stereocenters. The third-order valence-corrected chi connectivity index (χ3v) is 5.59. The van der Waals surface area contributed by atoms with E-state index in [1.165, 1.54) is 7.11 Å². The topological polar surface area (TPSA) is 105 Å². The molecule has 1 saturated carbocycles. The average Bonchev–Trinajstić information content (AvgIpc) is 2.76. The Balaban J connectivity index is 1.93. The lowest BCUT2D eigenvalue weighted by molar-refractivity contribution is -0.176. The summed E-state index contributed by atoms with van der Waals surface area (Å²) in [4.78, 5) is 22.9. The third-order valence-electron chi connectivity index (χ3n) is 3.87. The first-order chi connectivity index (χ1) is 11.5. The Morgan fingerprint density at radius 1 is 1.28 bits per heavy atom. The Labute approximate surface area is 141 Å². The highest BCUT2D eigenvalue weighted by molar-refractivity contribution is 7.87. The predicted molar refractivity (Wildman–Crippen MR) is 73.6 cm³/mol. The summed E-state index contributed by atoms with van der Waals surface area (Å²) in [5.74, 6) is -2.97. The van der Waals surface area contributed by atoms with E-state index in [9.17, 15) is 31.2 Å². The summed E-state index contributed by atoms with van der Waals surface area (Å²) in [7, 11) is -2.49. The Bertz CT molecular complexity index is 671. The summed E-state index contributed by atoms with van der Waals surface area (Å²) >= 11 is 0. The van der Waals surface area contributed by atoms with Gasteiger partial charge in [0.25, 0.3) is 10.1 Å². The number of methoxy groups -OCH3 is 1. The van der Waals surface area contributed by atoms with Crippen molar-refractivity contribution in [3.63, 3.8) is 0 Å². The number of ether oxygens (including phenoxy) is 3. The van der Waals surface area contributed by atoms with Crippen LogP contribution in [0.1, 0.15) is 12.8 Å². The van der Waals surface area contributed by atoms with Gasteiger partial charge in [0.15, 0.2) is 12.7 Å². The monoisotopic (exact) mass is 388 g/mol. The van der Waals surface area contributed by atoms with Crippen LogP contribution in [0.25, 0.3) is 0 Å². The van der Waals surface area contributed by atoms with Crippen molar-refractivity contribution in [2.45, 2.75) is 42.6 Å². The van der Waals surface area contributed by atoms with Crippen molar-refractivity contribution in [1.29, 1.82) is 0 Å². The molecule has 0 radical (unpaired) electrons. The fraction of sp³-hybridized carbons (Fsp3) is 0.692. The molecule has 1 heterocycles. The van der Waals surface area contributed by atoms with Gasteiger partial charge in [-0.2, -0.15) is 21.6 Å². The molecule has 2 bridgehead atoms. The first-order valence-corrected chi connectivity index (χ1v) is 8.50. The molecule has 25 heavy (non-hydrogen) atoms. The molecule has 0 aromatic carbocycles. The van der Waals surface area contributed by atoms with Crippen LogP contribution in [0.2, 0.25) is 0 Å². The smallest absolute Gasteiger partial charge is 0.422 e. The van der Waals surface area contributed by atoms with Gasteiger partial charge < -0.3 is 14.2 Å². The highest BCUT2D eigenvalue weighted by atomic mass is 32.2. The molecule has 1 aliphatic heterocycles. The summed E-state index contributed by atoms with van der Waals surface area (Å²) in [5, 5.41) is -0.773. The molecular weight excluding hydrogens is 373 g/mol. The number of fused-ring (bicyclic) bond motifs is 2. The molecule has 0 N–H and O–H groups in total. The van der Waals surface area contributed by atoms with Gasteiger partial charge in [-0.3, -0.25) is 4.18 Å². The van der Waals surface area contributed by atoms with E-state index >= 15 is 0 Å². The Morgan fingerprint density at radius 3 is 2.48 bits per heavy atom. The Morgan fingerprint density at radius 2 is 1.92 bits per heavy atom. The number of hydrogen-bond donors (Lipinski definition) is 0. The molecule has 0 spiro atoms. The molecule has 0 amide bonds. The zero-order valence-corrected chi connectivity index (χ0v) is 13.8. The van der Waals surface area contributed by atoms with Gasteiger partial charge in [-0.1, -0.05) is 6.58 Å². The van der Waals surface area contributed by atoms with Crippen LogP contribution in [0.5, 0.6) is 0 Å². The van der Waals surface area contributed by atoms with Gasteiger partial charge in [0.2, 0.25) is 0 Å². The summed E-state index contributed by atoms with van der Waals surface area (Å²) in [6.45, 7) is 1.44. The fourth-order valence-corrected chi connectivity index (χ4v) is 4.14. The van der Waals surface area contributed by atoms with E-state index in [2.05, 4.69) is 11.3 Å². The van der Waals surface area contributed by atoms with E-state index in [-0.39, 0.29) is 12.8 Å². The predicted octanol–water partition coefficient (Wildman–Crippen LogP) is 0.466. The lowest BCUT2D eigenvalue weighted by Gasteiger charge is -2.32. The van der Waals surface area contributed by atoms with E-state index in [0.717, 1.165) is 0 Å². The maximum absolute atomic E-state index is 12.3. The van der Waals surface area contributed by atoms with Crippen LogP contribution >= 0.6 is 0 Å². The SMILES string of the molecule is C=C(C(=O)OCC(=O)OC1C(OC)CC2CC1OS2(=O)=O)C(F)(F)F. The third kappa shape index (κ3) is 4.30. The molecule has 4 atom stereocenters. The Hall–Kier alpha value is -1.66. The number of rotatable bonds is 5. The normalized spacial score (nSPS) is 30.6.